The van der Waals surface area contributed by atoms with Gasteiger partial charge in [0.2, 0.25) is 0 Å². The predicted molar refractivity (Wildman–Crippen MR) is 116 cm³/mol. The van der Waals surface area contributed by atoms with Crippen LogP contribution < -0.4 is 10.1 Å². The van der Waals surface area contributed by atoms with Crippen molar-refractivity contribution >= 4 is 16.7 Å². The lowest BCUT2D eigenvalue weighted by atomic mass is 10.0. The SMILES string of the molecule is COc1ccccc1CC(C)CNc1cc(-c2ccc3c(cnn3C)c2)ncn1. The van der Waals surface area contributed by atoms with Crippen molar-refractivity contribution in [2.24, 2.45) is 13.0 Å². The number of rotatable bonds is 7. The van der Waals surface area contributed by atoms with Gasteiger partial charge in [-0.2, -0.15) is 5.10 Å². The molecule has 0 radical (unpaired) electrons. The maximum atomic E-state index is 5.46. The van der Waals surface area contributed by atoms with Crippen LogP contribution in [0.5, 0.6) is 5.75 Å². The molecule has 0 bridgehead atoms. The Bertz CT molecular complexity index is 1120. The Morgan fingerprint density at radius 1 is 1.10 bits per heavy atom. The van der Waals surface area contributed by atoms with Gasteiger partial charge in [0.1, 0.15) is 17.9 Å². The van der Waals surface area contributed by atoms with Crippen LogP contribution in [0.15, 0.2) is 61.1 Å². The number of nitrogens with zero attached hydrogens (tertiary/aromatic N) is 4. The highest BCUT2D eigenvalue weighted by Gasteiger charge is 2.10. The van der Waals surface area contributed by atoms with Gasteiger partial charge in [-0.25, -0.2) is 9.97 Å². The molecule has 0 saturated heterocycles. The van der Waals surface area contributed by atoms with Crippen molar-refractivity contribution in [3.63, 3.8) is 0 Å². The van der Waals surface area contributed by atoms with Crippen molar-refractivity contribution in [3.8, 4) is 17.0 Å². The number of fused-ring (bicyclic) bond motifs is 1. The molecular formula is C23H25N5O. The number of hydrogen-bond acceptors (Lipinski definition) is 5. The molecule has 2 aromatic carbocycles. The van der Waals surface area contributed by atoms with E-state index in [9.17, 15) is 0 Å². The minimum Gasteiger partial charge on any atom is -0.496 e. The first-order valence-corrected chi connectivity index (χ1v) is 9.74. The number of nitrogens with one attached hydrogen (secondary N) is 1. The lowest BCUT2D eigenvalue weighted by molar-refractivity contribution is 0.406. The third kappa shape index (κ3) is 4.21. The van der Waals surface area contributed by atoms with Gasteiger partial charge in [0, 0.05) is 30.6 Å². The van der Waals surface area contributed by atoms with E-state index in [1.807, 2.05) is 42.2 Å². The summed E-state index contributed by atoms with van der Waals surface area (Å²) in [7, 11) is 3.66. The van der Waals surface area contributed by atoms with Crippen LogP contribution in [0.3, 0.4) is 0 Å². The molecule has 29 heavy (non-hydrogen) atoms. The van der Waals surface area contributed by atoms with E-state index in [2.05, 4.69) is 51.6 Å². The summed E-state index contributed by atoms with van der Waals surface area (Å²) in [4.78, 5) is 8.83. The molecule has 6 nitrogen and oxygen atoms in total. The number of hydrogen-bond donors (Lipinski definition) is 1. The van der Waals surface area contributed by atoms with Gasteiger partial charge in [0.15, 0.2) is 0 Å². The van der Waals surface area contributed by atoms with Crippen molar-refractivity contribution in [3.05, 3.63) is 66.6 Å². The van der Waals surface area contributed by atoms with Gasteiger partial charge in [0.25, 0.3) is 0 Å². The van der Waals surface area contributed by atoms with Crippen molar-refractivity contribution in [2.45, 2.75) is 13.3 Å². The summed E-state index contributed by atoms with van der Waals surface area (Å²) in [5, 5.41) is 8.85. The average Bonchev–Trinajstić information content (AvgIpc) is 3.13. The highest BCUT2D eigenvalue weighted by atomic mass is 16.5. The van der Waals surface area contributed by atoms with Gasteiger partial charge in [0.05, 0.1) is 24.5 Å². The Labute approximate surface area is 170 Å². The monoisotopic (exact) mass is 387 g/mol. The summed E-state index contributed by atoms with van der Waals surface area (Å²) < 4.78 is 7.33. The minimum atomic E-state index is 0.427. The van der Waals surface area contributed by atoms with Crippen LogP contribution in [-0.4, -0.2) is 33.4 Å². The highest BCUT2D eigenvalue weighted by molar-refractivity contribution is 5.84. The fourth-order valence-electron chi connectivity index (χ4n) is 3.53. The van der Waals surface area contributed by atoms with Crippen LogP contribution in [0.4, 0.5) is 5.82 Å². The second-order valence-electron chi connectivity index (χ2n) is 7.33. The molecule has 0 aliphatic carbocycles. The number of aryl methyl sites for hydroxylation is 1. The molecule has 1 N–H and O–H groups in total. The van der Waals surface area contributed by atoms with Crippen molar-refractivity contribution < 1.29 is 4.74 Å². The molecular weight excluding hydrogens is 362 g/mol. The topological polar surface area (TPSA) is 64.9 Å². The van der Waals surface area contributed by atoms with Gasteiger partial charge in [-0.15, -0.1) is 0 Å². The molecule has 0 fully saturated rings. The average molecular weight is 387 g/mol. The number of para-hydroxylation sites is 1. The summed E-state index contributed by atoms with van der Waals surface area (Å²) in [5.74, 6) is 2.19. The molecule has 1 atom stereocenters. The van der Waals surface area contributed by atoms with Gasteiger partial charge >= 0.3 is 0 Å². The lowest BCUT2D eigenvalue weighted by Gasteiger charge is -2.15. The molecule has 4 aromatic rings. The summed E-state index contributed by atoms with van der Waals surface area (Å²) >= 11 is 0. The van der Waals surface area contributed by atoms with Gasteiger partial charge in [-0.05, 0) is 36.1 Å². The minimum absolute atomic E-state index is 0.427. The molecule has 2 heterocycles. The molecule has 0 saturated carbocycles. The Balaban J connectivity index is 1.44. The Hall–Kier alpha value is -3.41. The largest absolute Gasteiger partial charge is 0.496 e. The van der Waals surface area contributed by atoms with E-state index in [1.54, 1.807) is 13.4 Å². The van der Waals surface area contributed by atoms with Crippen LogP contribution in [0.1, 0.15) is 12.5 Å². The third-order valence-corrected chi connectivity index (χ3v) is 5.10. The first kappa shape index (κ1) is 18.9. The summed E-state index contributed by atoms with van der Waals surface area (Å²) in [5.41, 5.74) is 4.27. The fourth-order valence-corrected chi connectivity index (χ4v) is 3.53. The second kappa shape index (κ2) is 8.31. The van der Waals surface area contributed by atoms with Crippen LogP contribution >= 0.6 is 0 Å². The van der Waals surface area contributed by atoms with E-state index >= 15 is 0 Å². The number of ether oxygens (including phenoxy) is 1. The van der Waals surface area contributed by atoms with Crippen LogP contribution in [0.25, 0.3) is 22.2 Å². The zero-order valence-electron chi connectivity index (χ0n) is 17.0. The zero-order valence-corrected chi connectivity index (χ0v) is 17.0. The first-order chi connectivity index (χ1) is 14.1. The molecule has 4 rings (SSSR count). The smallest absolute Gasteiger partial charge is 0.129 e. The van der Waals surface area contributed by atoms with E-state index in [-0.39, 0.29) is 0 Å². The van der Waals surface area contributed by atoms with E-state index in [4.69, 9.17) is 4.74 Å². The molecule has 1 unspecified atom stereocenters. The molecule has 2 aromatic heterocycles. The third-order valence-electron chi connectivity index (χ3n) is 5.10. The maximum Gasteiger partial charge on any atom is 0.129 e. The Morgan fingerprint density at radius 3 is 2.83 bits per heavy atom. The Morgan fingerprint density at radius 2 is 1.97 bits per heavy atom. The standard InChI is InChI=1S/C23H25N5O/c1-16(10-18-6-4-5-7-22(18)29-3)13-24-23-12-20(25-15-26-23)17-8-9-21-19(11-17)14-27-28(21)2/h4-9,11-12,14-16H,10,13H2,1-3H3,(H,24,25,26). The predicted octanol–water partition coefficient (Wildman–Crippen LogP) is 4.33. The van der Waals surface area contributed by atoms with Crippen molar-refractivity contribution in [1.29, 1.82) is 0 Å². The van der Waals surface area contributed by atoms with Crippen molar-refractivity contribution in [1.82, 2.24) is 19.7 Å². The molecule has 0 aliphatic heterocycles. The molecule has 0 aliphatic rings. The zero-order chi connectivity index (χ0) is 20.2. The van der Waals surface area contributed by atoms with Gasteiger partial charge < -0.3 is 10.1 Å². The summed E-state index contributed by atoms with van der Waals surface area (Å²) in [6.07, 6.45) is 4.42. The number of anilines is 1. The van der Waals surface area contributed by atoms with E-state index in [0.29, 0.717) is 5.92 Å². The van der Waals surface area contributed by atoms with Crippen LogP contribution in [0.2, 0.25) is 0 Å². The summed E-state index contributed by atoms with van der Waals surface area (Å²) in [6.45, 7) is 3.04. The fraction of sp³-hybridized carbons (Fsp3) is 0.261. The highest BCUT2D eigenvalue weighted by Crippen LogP contribution is 2.24. The molecule has 0 amide bonds. The number of aromatic nitrogens is 4. The van der Waals surface area contributed by atoms with E-state index < -0.39 is 0 Å². The second-order valence-corrected chi connectivity index (χ2v) is 7.33. The Kier molecular flexibility index (Phi) is 5.42. The van der Waals surface area contributed by atoms with Crippen molar-refractivity contribution in [2.75, 3.05) is 19.0 Å². The van der Waals surface area contributed by atoms with Gasteiger partial charge in [-0.1, -0.05) is 31.2 Å². The summed E-state index contributed by atoms with van der Waals surface area (Å²) in [6, 6.07) is 16.4. The number of benzene rings is 2. The van der Waals surface area contributed by atoms with Gasteiger partial charge in [-0.3, -0.25) is 4.68 Å². The molecule has 6 heteroatoms. The lowest BCUT2D eigenvalue weighted by Crippen LogP contribution is -2.15. The van der Waals surface area contributed by atoms with E-state index in [1.165, 1.54) is 5.56 Å². The first-order valence-electron chi connectivity index (χ1n) is 9.74. The normalized spacial score (nSPS) is 12.1. The van der Waals surface area contributed by atoms with E-state index in [0.717, 1.165) is 46.7 Å². The number of methoxy groups -OCH3 is 1. The quantitative estimate of drug-likeness (QED) is 0.511. The molecule has 0 spiro atoms. The van der Waals surface area contributed by atoms with Crippen LogP contribution in [0, 0.1) is 5.92 Å². The molecule has 148 valence electrons. The maximum absolute atomic E-state index is 5.46. The van der Waals surface area contributed by atoms with Crippen LogP contribution in [-0.2, 0) is 13.5 Å².